The van der Waals surface area contributed by atoms with Crippen LogP contribution in [-0.2, 0) is 9.84 Å². The van der Waals surface area contributed by atoms with E-state index in [4.69, 9.17) is 0 Å². The molecule has 2 rings (SSSR count). The molecule has 1 saturated heterocycles. The predicted octanol–water partition coefficient (Wildman–Crippen LogP) is 0.958. The van der Waals surface area contributed by atoms with E-state index in [1.54, 1.807) is 4.90 Å². The molecule has 7 nitrogen and oxygen atoms in total. The predicted molar refractivity (Wildman–Crippen MR) is 73.6 cm³/mol. The highest BCUT2D eigenvalue weighted by atomic mass is 32.2. The molecule has 20 heavy (non-hydrogen) atoms. The van der Waals surface area contributed by atoms with E-state index in [1.807, 2.05) is 6.92 Å². The number of hydrogen-bond donors (Lipinski definition) is 1. The number of benzene rings is 1. The van der Waals surface area contributed by atoms with E-state index in [1.165, 1.54) is 12.1 Å². The van der Waals surface area contributed by atoms with Crippen molar-refractivity contribution in [2.24, 2.45) is 0 Å². The first-order valence-electron chi connectivity index (χ1n) is 6.13. The Morgan fingerprint density at radius 2 is 2.10 bits per heavy atom. The molecule has 1 aliphatic heterocycles. The van der Waals surface area contributed by atoms with Crippen LogP contribution < -0.4 is 4.90 Å². The molecular weight excluding hydrogens is 284 g/mol. The molecule has 0 aromatic heterocycles. The molecule has 1 N–H and O–H groups in total. The van der Waals surface area contributed by atoms with Crippen molar-refractivity contribution in [2.45, 2.75) is 30.4 Å². The fourth-order valence-corrected chi connectivity index (χ4v) is 3.10. The van der Waals surface area contributed by atoms with Crippen LogP contribution in [0, 0.1) is 10.1 Å². The van der Waals surface area contributed by atoms with Gasteiger partial charge in [0.2, 0.25) is 0 Å². The fourth-order valence-electron chi connectivity index (χ4n) is 2.46. The molecule has 1 aromatic rings. The quantitative estimate of drug-likeness (QED) is 0.659. The van der Waals surface area contributed by atoms with Crippen molar-refractivity contribution in [1.82, 2.24) is 0 Å². The molecule has 1 fully saturated rings. The Labute approximate surface area is 116 Å². The van der Waals surface area contributed by atoms with Gasteiger partial charge in [-0.15, -0.1) is 0 Å². The number of aliphatic hydroxyl groups is 1. The van der Waals surface area contributed by atoms with Gasteiger partial charge < -0.3 is 10.0 Å². The van der Waals surface area contributed by atoms with Crippen molar-refractivity contribution >= 4 is 21.2 Å². The number of nitro groups is 1. The SMILES string of the molecule is C[C@H]1C[C@H](O)CN1c1ccc(S(C)(=O)=O)cc1[N+](=O)[O-]. The van der Waals surface area contributed by atoms with Crippen LogP contribution in [-0.4, -0.2) is 43.4 Å². The van der Waals surface area contributed by atoms with Crippen molar-refractivity contribution < 1.29 is 18.4 Å². The first kappa shape index (κ1) is 14.7. The van der Waals surface area contributed by atoms with E-state index in [9.17, 15) is 23.6 Å². The molecule has 2 atom stereocenters. The molecule has 110 valence electrons. The normalized spacial score (nSPS) is 23.1. The molecule has 8 heteroatoms. The van der Waals surface area contributed by atoms with E-state index >= 15 is 0 Å². The lowest BCUT2D eigenvalue weighted by atomic mass is 10.2. The monoisotopic (exact) mass is 300 g/mol. The van der Waals surface area contributed by atoms with Crippen LogP contribution in [0.5, 0.6) is 0 Å². The van der Waals surface area contributed by atoms with Gasteiger partial charge in [-0.05, 0) is 25.5 Å². The fraction of sp³-hybridized carbons (Fsp3) is 0.500. The van der Waals surface area contributed by atoms with Crippen molar-refractivity contribution in [3.8, 4) is 0 Å². The summed E-state index contributed by atoms with van der Waals surface area (Å²) in [6.07, 6.45) is 1.01. The third-order valence-electron chi connectivity index (χ3n) is 3.43. The second-order valence-corrected chi connectivity index (χ2v) is 7.09. The summed E-state index contributed by atoms with van der Waals surface area (Å²) in [6, 6.07) is 3.83. The van der Waals surface area contributed by atoms with Crippen LogP contribution in [0.25, 0.3) is 0 Å². The number of nitrogens with zero attached hydrogens (tertiary/aromatic N) is 2. The van der Waals surface area contributed by atoms with Crippen LogP contribution in [0.3, 0.4) is 0 Å². The van der Waals surface area contributed by atoms with Gasteiger partial charge in [0.25, 0.3) is 5.69 Å². The minimum Gasteiger partial charge on any atom is -0.391 e. The Bertz CT molecular complexity index is 643. The smallest absolute Gasteiger partial charge is 0.293 e. The van der Waals surface area contributed by atoms with E-state index in [0.717, 1.165) is 12.3 Å². The number of sulfone groups is 1. The van der Waals surface area contributed by atoms with Gasteiger partial charge in [-0.1, -0.05) is 0 Å². The molecule has 1 heterocycles. The van der Waals surface area contributed by atoms with Gasteiger partial charge in [-0.25, -0.2) is 8.42 Å². The number of anilines is 1. The zero-order chi connectivity index (χ0) is 15.1. The summed E-state index contributed by atoms with van der Waals surface area (Å²) in [5.41, 5.74) is 0.0836. The highest BCUT2D eigenvalue weighted by molar-refractivity contribution is 7.90. The molecular formula is C12H16N2O5S. The van der Waals surface area contributed by atoms with Crippen LogP contribution in [0.2, 0.25) is 0 Å². The van der Waals surface area contributed by atoms with Crippen molar-refractivity contribution in [1.29, 1.82) is 0 Å². The average Bonchev–Trinajstić information content (AvgIpc) is 2.66. The van der Waals surface area contributed by atoms with Crippen LogP contribution in [0.4, 0.5) is 11.4 Å². The number of nitro benzene ring substituents is 1. The van der Waals surface area contributed by atoms with Gasteiger partial charge in [0.15, 0.2) is 9.84 Å². The van der Waals surface area contributed by atoms with Crippen LogP contribution in [0.1, 0.15) is 13.3 Å². The molecule has 0 saturated carbocycles. The Morgan fingerprint density at radius 3 is 2.55 bits per heavy atom. The van der Waals surface area contributed by atoms with Gasteiger partial charge in [0.05, 0.1) is 15.9 Å². The second kappa shape index (κ2) is 5.02. The first-order valence-corrected chi connectivity index (χ1v) is 8.02. The summed E-state index contributed by atoms with van der Waals surface area (Å²) in [6.45, 7) is 2.17. The van der Waals surface area contributed by atoms with E-state index in [-0.39, 0.29) is 16.6 Å². The molecule has 0 unspecified atom stereocenters. The largest absolute Gasteiger partial charge is 0.391 e. The Morgan fingerprint density at radius 1 is 1.45 bits per heavy atom. The number of hydrogen-bond acceptors (Lipinski definition) is 6. The van der Waals surface area contributed by atoms with Gasteiger partial charge in [0, 0.05) is 24.9 Å². The average molecular weight is 300 g/mol. The molecule has 1 aliphatic rings. The summed E-state index contributed by atoms with van der Waals surface area (Å²) < 4.78 is 23.0. The lowest BCUT2D eigenvalue weighted by Gasteiger charge is -2.23. The van der Waals surface area contributed by atoms with Crippen molar-refractivity contribution in [3.63, 3.8) is 0 Å². The topological polar surface area (TPSA) is 101 Å². The van der Waals surface area contributed by atoms with E-state index < -0.39 is 20.9 Å². The maximum absolute atomic E-state index is 11.5. The lowest BCUT2D eigenvalue weighted by molar-refractivity contribution is -0.384. The highest BCUT2D eigenvalue weighted by Crippen LogP contribution is 2.35. The van der Waals surface area contributed by atoms with Gasteiger partial charge in [-0.2, -0.15) is 0 Å². The van der Waals surface area contributed by atoms with Gasteiger partial charge in [0.1, 0.15) is 5.69 Å². The van der Waals surface area contributed by atoms with E-state index in [0.29, 0.717) is 18.7 Å². The number of β-amino-alcohol motifs (C(OH)–C–C–N with tert-alkyl or cyclic N) is 1. The minimum atomic E-state index is -3.50. The summed E-state index contributed by atoms with van der Waals surface area (Å²) in [7, 11) is -3.50. The van der Waals surface area contributed by atoms with E-state index in [2.05, 4.69) is 0 Å². The lowest BCUT2D eigenvalue weighted by Crippen LogP contribution is -2.28. The maximum atomic E-state index is 11.5. The number of aliphatic hydroxyl groups excluding tert-OH is 1. The Kier molecular flexibility index (Phi) is 3.70. The van der Waals surface area contributed by atoms with Gasteiger partial charge >= 0.3 is 0 Å². The third kappa shape index (κ3) is 2.75. The molecule has 0 amide bonds. The molecule has 0 spiro atoms. The van der Waals surface area contributed by atoms with Crippen molar-refractivity contribution in [2.75, 3.05) is 17.7 Å². The summed E-state index contributed by atoms with van der Waals surface area (Å²) in [5, 5.41) is 20.8. The second-order valence-electron chi connectivity index (χ2n) is 5.07. The minimum absolute atomic E-state index is 0.0345. The maximum Gasteiger partial charge on any atom is 0.293 e. The Hall–Kier alpha value is -1.67. The molecule has 0 aliphatic carbocycles. The standard InChI is InChI=1S/C12H16N2O5S/c1-8-5-9(15)7-13(8)11-4-3-10(20(2,18)19)6-12(11)14(16)17/h3-4,6,8-9,15H,5,7H2,1-2H3/t8-,9-/m0/s1. The summed E-state index contributed by atoms with van der Waals surface area (Å²) in [5.74, 6) is 0. The highest BCUT2D eigenvalue weighted by Gasteiger charge is 2.32. The third-order valence-corrected chi connectivity index (χ3v) is 4.54. The van der Waals surface area contributed by atoms with Gasteiger partial charge in [-0.3, -0.25) is 10.1 Å². The molecule has 0 radical (unpaired) electrons. The summed E-state index contributed by atoms with van der Waals surface area (Å²) >= 11 is 0. The van der Waals surface area contributed by atoms with Crippen molar-refractivity contribution in [3.05, 3.63) is 28.3 Å². The first-order chi connectivity index (χ1) is 9.20. The summed E-state index contributed by atoms with van der Waals surface area (Å²) in [4.78, 5) is 12.2. The molecule has 0 bridgehead atoms. The zero-order valence-electron chi connectivity index (χ0n) is 11.2. The zero-order valence-corrected chi connectivity index (χ0v) is 12.0. The molecule has 1 aromatic carbocycles. The Balaban J connectivity index is 2.52. The van der Waals surface area contributed by atoms with Crippen LogP contribution >= 0.6 is 0 Å². The van der Waals surface area contributed by atoms with Crippen LogP contribution in [0.15, 0.2) is 23.1 Å². The number of rotatable bonds is 3.